The van der Waals surface area contributed by atoms with Gasteiger partial charge in [0.1, 0.15) is 0 Å². The maximum Gasteiger partial charge on any atom is 0.0897 e. The van der Waals surface area contributed by atoms with Gasteiger partial charge in [0.05, 0.1) is 12.7 Å². The highest BCUT2D eigenvalue weighted by Crippen LogP contribution is 2.08. The molecule has 1 aliphatic rings. The van der Waals surface area contributed by atoms with Crippen molar-refractivity contribution in [3.8, 4) is 0 Å². The predicted molar refractivity (Wildman–Crippen MR) is 73.7 cm³/mol. The zero-order chi connectivity index (χ0) is 13.5. The van der Waals surface area contributed by atoms with Crippen LogP contribution in [0.25, 0.3) is 0 Å². The Morgan fingerprint density at radius 2 is 2.00 bits per heavy atom. The summed E-state index contributed by atoms with van der Waals surface area (Å²) in [5.74, 6) is 0. The molecule has 1 aromatic heterocycles. The first-order valence-corrected chi connectivity index (χ1v) is 6.90. The lowest BCUT2D eigenvalue weighted by molar-refractivity contribution is 0.0602. The third-order valence-corrected chi connectivity index (χ3v) is 3.49. The Morgan fingerprint density at radius 3 is 2.74 bits per heavy atom. The van der Waals surface area contributed by atoms with Crippen molar-refractivity contribution in [2.45, 2.75) is 19.1 Å². The number of nitrogens with zero attached hydrogens (tertiary/aromatic N) is 3. The van der Waals surface area contributed by atoms with Crippen LogP contribution in [-0.4, -0.2) is 70.4 Å². The average molecular weight is 265 g/mol. The first-order chi connectivity index (χ1) is 9.28. The van der Waals surface area contributed by atoms with Gasteiger partial charge in [-0.3, -0.25) is 14.8 Å². The SMILES string of the molecule is OCC(O)CN1CCCN(Cc2cccnc2)CC1. The van der Waals surface area contributed by atoms with E-state index in [9.17, 15) is 5.11 Å². The number of aliphatic hydroxyl groups is 2. The number of aliphatic hydroxyl groups excluding tert-OH is 2. The van der Waals surface area contributed by atoms with Crippen molar-refractivity contribution >= 4 is 0 Å². The van der Waals surface area contributed by atoms with Crippen LogP contribution < -0.4 is 0 Å². The van der Waals surface area contributed by atoms with Crippen LogP contribution in [0.15, 0.2) is 24.5 Å². The molecule has 1 saturated heterocycles. The quantitative estimate of drug-likeness (QED) is 0.781. The summed E-state index contributed by atoms with van der Waals surface area (Å²) in [6.45, 7) is 5.34. The molecule has 0 spiro atoms. The number of hydrogen-bond acceptors (Lipinski definition) is 5. The van der Waals surface area contributed by atoms with E-state index in [1.807, 2.05) is 12.3 Å². The van der Waals surface area contributed by atoms with Gasteiger partial charge < -0.3 is 10.2 Å². The Labute approximate surface area is 114 Å². The molecule has 2 rings (SSSR count). The van der Waals surface area contributed by atoms with Crippen molar-refractivity contribution in [1.29, 1.82) is 0 Å². The molecular formula is C14H23N3O2. The molecular weight excluding hydrogens is 242 g/mol. The largest absolute Gasteiger partial charge is 0.394 e. The molecule has 5 nitrogen and oxygen atoms in total. The Morgan fingerprint density at radius 1 is 1.21 bits per heavy atom. The van der Waals surface area contributed by atoms with E-state index in [1.54, 1.807) is 6.20 Å². The van der Waals surface area contributed by atoms with Crippen molar-refractivity contribution in [2.75, 3.05) is 39.3 Å². The van der Waals surface area contributed by atoms with E-state index < -0.39 is 6.10 Å². The first kappa shape index (κ1) is 14.4. The molecule has 19 heavy (non-hydrogen) atoms. The molecule has 0 aromatic carbocycles. The van der Waals surface area contributed by atoms with Gasteiger partial charge in [0.25, 0.3) is 0 Å². The van der Waals surface area contributed by atoms with Crippen molar-refractivity contribution < 1.29 is 10.2 Å². The first-order valence-electron chi connectivity index (χ1n) is 6.90. The molecule has 1 fully saturated rings. The summed E-state index contributed by atoms with van der Waals surface area (Å²) in [7, 11) is 0. The third kappa shape index (κ3) is 4.87. The predicted octanol–water partition coefficient (Wildman–Crippen LogP) is -0.0575. The van der Waals surface area contributed by atoms with Gasteiger partial charge in [-0.1, -0.05) is 6.07 Å². The van der Waals surface area contributed by atoms with Crippen LogP contribution in [-0.2, 0) is 6.54 Å². The zero-order valence-corrected chi connectivity index (χ0v) is 11.3. The lowest BCUT2D eigenvalue weighted by atomic mass is 10.2. The molecule has 1 unspecified atom stereocenters. The van der Waals surface area contributed by atoms with E-state index >= 15 is 0 Å². The van der Waals surface area contributed by atoms with Gasteiger partial charge in [-0.25, -0.2) is 0 Å². The van der Waals surface area contributed by atoms with Crippen LogP contribution in [0, 0.1) is 0 Å². The molecule has 1 aromatic rings. The molecule has 0 bridgehead atoms. The van der Waals surface area contributed by atoms with Gasteiger partial charge in [-0.2, -0.15) is 0 Å². The number of β-amino-alcohol motifs (C(OH)–C–C–N with tert-alkyl or cyclic N) is 1. The molecule has 0 amide bonds. The van der Waals surface area contributed by atoms with Gasteiger partial charge in [-0.15, -0.1) is 0 Å². The molecule has 1 atom stereocenters. The normalized spacial score (nSPS) is 20.1. The van der Waals surface area contributed by atoms with E-state index in [1.165, 1.54) is 5.56 Å². The average Bonchev–Trinajstić information content (AvgIpc) is 2.65. The standard InChI is InChI=1S/C14H23N3O2/c18-12-14(19)11-17-6-2-5-16(7-8-17)10-13-3-1-4-15-9-13/h1,3-4,9,14,18-19H,2,5-8,10-12H2. The Hall–Kier alpha value is -1.01. The molecule has 1 aliphatic heterocycles. The lowest BCUT2D eigenvalue weighted by Gasteiger charge is -2.23. The van der Waals surface area contributed by atoms with Crippen LogP contribution in [0.4, 0.5) is 0 Å². The minimum Gasteiger partial charge on any atom is -0.394 e. The Bertz CT molecular complexity index is 361. The smallest absolute Gasteiger partial charge is 0.0897 e. The molecule has 0 radical (unpaired) electrons. The van der Waals surface area contributed by atoms with Gasteiger partial charge in [0.15, 0.2) is 0 Å². The molecule has 2 heterocycles. The van der Waals surface area contributed by atoms with E-state index in [4.69, 9.17) is 5.11 Å². The number of hydrogen-bond donors (Lipinski definition) is 2. The van der Waals surface area contributed by atoms with E-state index in [-0.39, 0.29) is 6.61 Å². The van der Waals surface area contributed by atoms with Crippen LogP contribution in [0.1, 0.15) is 12.0 Å². The summed E-state index contributed by atoms with van der Waals surface area (Å²) in [5.41, 5.74) is 1.24. The maximum absolute atomic E-state index is 9.49. The lowest BCUT2D eigenvalue weighted by Crippen LogP contribution is -2.37. The minimum atomic E-state index is -0.620. The van der Waals surface area contributed by atoms with Gasteiger partial charge in [0.2, 0.25) is 0 Å². The van der Waals surface area contributed by atoms with Gasteiger partial charge in [-0.05, 0) is 31.1 Å². The van der Waals surface area contributed by atoms with E-state index in [2.05, 4.69) is 20.9 Å². The molecule has 2 N–H and O–H groups in total. The second-order valence-electron chi connectivity index (χ2n) is 5.13. The number of pyridine rings is 1. The number of rotatable bonds is 5. The second kappa shape index (κ2) is 7.55. The van der Waals surface area contributed by atoms with Crippen molar-refractivity contribution in [2.24, 2.45) is 0 Å². The van der Waals surface area contributed by atoms with Crippen molar-refractivity contribution in [1.82, 2.24) is 14.8 Å². The van der Waals surface area contributed by atoms with Crippen molar-refractivity contribution in [3.05, 3.63) is 30.1 Å². The summed E-state index contributed by atoms with van der Waals surface area (Å²) in [6.07, 6.45) is 4.19. The van der Waals surface area contributed by atoms with E-state index in [0.717, 1.165) is 39.1 Å². The zero-order valence-electron chi connectivity index (χ0n) is 11.3. The molecule has 106 valence electrons. The van der Waals surface area contributed by atoms with Gasteiger partial charge in [0, 0.05) is 38.6 Å². The topological polar surface area (TPSA) is 59.8 Å². The Kier molecular flexibility index (Phi) is 5.72. The summed E-state index contributed by atoms with van der Waals surface area (Å²) in [4.78, 5) is 8.79. The highest BCUT2D eigenvalue weighted by atomic mass is 16.3. The van der Waals surface area contributed by atoms with Crippen LogP contribution in [0.2, 0.25) is 0 Å². The Balaban J connectivity index is 1.80. The fourth-order valence-electron chi connectivity index (χ4n) is 2.47. The summed E-state index contributed by atoms with van der Waals surface area (Å²) in [6, 6.07) is 4.07. The summed E-state index contributed by atoms with van der Waals surface area (Å²) < 4.78 is 0. The maximum atomic E-state index is 9.49. The second-order valence-corrected chi connectivity index (χ2v) is 5.13. The summed E-state index contributed by atoms with van der Waals surface area (Å²) in [5, 5.41) is 18.4. The fraction of sp³-hybridized carbons (Fsp3) is 0.643. The van der Waals surface area contributed by atoms with Crippen LogP contribution in [0.3, 0.4) is 0 Å². The molecule has 0 aliphatic carbocycles. The molecule has 0 saturated carbocycles. The third-order valence-electron chi connectivity index (χ3n) is 3.49. The van der Waals surface area contributed by atoms with E-state index in [0.29, 0.717) is 6.54 Å². The fourth-order valence-corrected chi connectivity index (χ4v) is 2.47. The number of aromatic nitrogens is 1. The van der Waals surface area contributed by atoms with Crippen molar-refractivity contribution in [3.63, 3.8) is 0 Å². The molecule has 5 heteroatoms. The highest BCUT2D eigenvalue weighted by Gasteiger charge is 2.17. The minimum absolute atomic E-state index is 0.157. The van der Waals surface area contributed by atoms with Crippen LogP contribution >= 0.6 is 0 Å². The van der Waals surface area contributed by atoms with Crippen LogP contribution in [0.5, 0.6) is 0 Å². The van der Waals surface area contributed by atoms with Gasteiger partial charge >= 0.3 is 0 Å². The summed E-state index contributed by atoms with van der Waals surface area (Å²) >= 11 is 0. The highest BCUT2D eigenvalue weighted by molar-refractivity contribution is 5.08. The monoisotopic (exact) mass is 265 g/mol.